The monoisotopic (exact) mass is 621 g/mol. The number of benzene rings is 2. The minimum atomic E-state index is -0.327. The fraction of sp³-hybridized carbons (Fsp3) is 0.353. The van der Waals surface area contributed by atoms with E-state index in [9.17, 15) is 14.4 Å². The number of amides is 1. The maximum atomic E-state index is 13.2. The molecule has 1 amide bonds. The quantitative estimate of drug-likeness (QED) is 0.259. The summed E-state index contributed by atoms with van der Waals surface area (Å²) in [5.74, 6) is 1.97. The smallest absolute Gasteiger partial charge is 0.262 e. The van der Waals surface area contributed by atoms with Crippen molar-refractivity contribution >= 4 is 33.8 Å². The van der Waals surface area contributed by atoms with Crippen molar-refractivity contribution < 1.29 is 14.3 Å². The van der Waals surface area contributed by atoms with Gasteiger partial charge in [-0.15, -0.1) is 0 Å². The Hall–Kier alpha value is -5.26. The van der Waals surface area contributed by atoms with E-state index in [2.05, 4.69) is 20.3 Å². The summed E-state index contributed by atoms with van der Waals surface area (Å²) in [6.45, 7) is 3.75. The summed E-state index contributed by atoms with van der Waals surface area (Å²) in [6.07, 6.45) is 6.02. The maximum absolute atomic E-state index is 13.2. The molecule has 0 bridgehead atoms. The molecule has 7 rings (SSSR count). The van der Waals surface area contributed by atoms with Crippen molar-refractivity contribution in [3.05, 3.63) is 80.5 Å². The Labute approximate surface area is 264 Å². The van der Waals surface area contributed by atoms with Gasteiger partial charge in [0.25, 0.3) is 17.0 Å². The third-order valence-corrected chi connectivity index (χ3v) is 9.09. The normalized spacial score (nSPS) is 15.3. The summed E-state index contributed by atoms with van der Waals surface area (Å²) < 4.78 is 12.5. The van der Waals surface area contributed by atoms with Crippen LogP contribution in [0.2, 0.25) is 0 Å². The first-order chi connectivity index (χ1) is 22.3. The van der Waals surface area contributed by atoms with Crippen LogP contribution in [0.4, 0.5) is 5.95 Å². The highest BCUT2D eigenvalue weighted by molar-refractivity contribution is 5.95. The average molecular weight is 622 g/mol. The van der Waals surface area contributed by atoms with Crippen LogP contribution in [0.1, 0.15) is 47.6 Å². The Morgan fingerprint density at radius 3 is 2.50 bits per heavy atom. The lowest BCUT2D eigenvalue weighted by molar-refractivity contribution is 0.0521. The van der Waals surface area contributed by atoms with E-state index < -0.39 is 0 Å². The number of H-pyrrole nitrogens is 1. The number of nitrogens with one attached hydrogen (secondary N) is 2. The molecule has 5 aromatic rings. The van der Waals surface area contributed by atoms with Gasteiger partial charge < -0.3 is 24.7 Å². The van der Waals surface area contributed by atoms with Crippen LogP contribution in [0, 0.1) is 12.8 Å². The van der Waals surface area contributed by atoms with Gasteiger partial charge in [-0.2, -0.15) is 4.98 Å². The van der Waals surface area contributed by atoms with E-state index >= 15 is 0 Å². The minimum absolute atomic E-state index is 0.00845. The number of hydrogen-bond donors (Lipinski definition) is 2. The molecule has 2 N–H and O–H groups in total. The number of pyridine rings is 1. The van der Waals surface area contributed by atoms with Gasteiger partial charge in [0.05, 0.1) is 19.7 Å². The summed E-state index contributed by atoms with van der Waals surface area (Å²) in [5.41, 5.74) is 2.91. The van der Waals surface area contributed by atoms with E-state index in [0.29, 0.717) is 70.6 Å². The third kappa shape index (κ3) is 5.33. The average Bonchev–Trinajstić information content (AvgIpc) is 3.57. The SMILES string of the molecule is COc1cc(OC)c2c(=O)[nH]c(-c3ccc(C(=O)N4CC(CNc5ncc6c(C)cc(=O)n(C7CCCC7)c6n5)C4)cc3)nc2c1. The highest BCUT2D eigenvalue weighted by Crippen LogP contribution is 2.32. The minimum Gasteiger partial charge on any atom is -0.497 e. The van der Waals surface area contributed by atoms with E-state index in [1.807, 2.05) is 11.5 Å². The van der Waals surface area contributed by atoms with Crippen LogP contribution in [-0.2, 0) is 0 Å². The molecule has 3 aromatic heterocycles. The Bertz CT molecular complexity index is 2080. The number of hydrogen-bond acceptors (Lipinski definition) is 9. The van der Waals surface area contributed by atoms with Gasteiger partial charge in [-0.05, 0) is 37.5 Å². The van der Waals surface area contributed by atoms with Gasteiger partial charge in [-0.1, -0.05) is 25.0 Å². The molecular formula is C34H35N7O5. The molecule has 0 radical (unpaired) electrons. The molecule has 1 aliphatic heterocycles. The number of methoxy groups -OCH3 is 2. The number of fused-ring (bicyclic) bond motifs is 2. The molecule has 2 aromatic carbocycles. The second-order valence-electron chi connectivity index (χ2n) is 12.1. The van der Waals surface area contributed by atoms with Crippen LogP contribution in [0.15, 0.2) is 58.3 Å². The summed E-state index contributed by atoms with van der Waals surface area (Å²) in [6, 6.07) is 12.2. The lowest BCUT2D eigenvalue weighted by atomic mass is 9.98. The number of likely N-dealkylation sites (tertiary alicyclic amines) is 1. The molecule has 1 aliphatic carbocycles. The largest absolute Gasteiger partial charge is 0.497 e. The van der Waals surface area contributed by atoms with Crippen molar-refractivity contribution in [3.63, 3.8) is 0 Å². The Morgan fingerprint density at radius 1 is 1.02 bits per heavy atom. The fourth-order valence-electron chi connectivity index (χ4n) is 6.55. The second-order valence-corrected chi connectivity index (χ2v) is 12.1. The number of ether oxygens (including phenoxy) is 2. The number of rotatable bonds is 8. The highest BCUT2D eigenvalue weighted by atomic mass is 16.5. The first-order valence-electron chi connectivity index (χ1n) is 15.5. The van der Waals surface area contributed by atoms with Gasteiger partial charge in [-0.3, -0.25) is 19.0 Å². The van der Waals surface area contributed by atoms with Crippen LogP contribution in [0.5, 0.6) is 11.5 Å². The number of aromatic amines is 1. The molecule has 1 saturated heterocycles. The van der Waals surface area contributed by atoms with E-state index in [1.54, 1.807) is 53.6 Å². The molecule has 12 heteroatoms. The van der Waals surface area contributed by atoms with Gasteiger partial charge in [0.15, 0.2) is 0 Å². The van der Waals surface area contributed by atoms with Crippen molar-refractivity contribution in [1.82, 2.24) is 29.4 Å². The summed E-state index contributed by atoms with van der Waals surface area (Å²) >= 11 is 0. The number of carbonyl (C=O) groups is 1. The molecule has 1 saturated carbocycles. The van der Waals surface area contributed by atoms with Gasteiger partial charge in [0, 0.05) is 72.5 Å². The number of aromatic nitrogens is 5. The van der Waals surface area contributed by atoms with Crippen molar-refractivity contribution in [2.45, 2.75) is 38.6 Å². The zero-order valence-electron chi connectivity index (χ0n) is 26.0. The number of anilines is 1. The molecule has 2 fully saturated rings. The first kappa shape index (κ1) is 29.5. The first-order valence-corrected chi connectivity index (χ1v) is 15.5. The van der Waals surface area contributed by atoms with Crippen molar-refractivity contribution in [2.75, 3.05) is 39.2 Å². The lowest BCUT2D eigenvalue weighted by Gasteiger charge is -2.39. The molecule has 2 aliphatic rings. The van der Waals surface area contributed by atoms with Gasteiger partial charge in [0.2, 0.25) is 5.95 Å². The highest BCUT2D eigenvalue weighted by Gasteiger charge is 2.31. The molecule has 236 valence electrons. The number of nitrogens with zero attached hydrogens (tertiary/aromatic N) is 5. The van der Waals surface area contributed by atoms with Crippen LogP contribution < -0.4 is 25.9 Å². The second kappa shape index (κ2) is 11.9. The Kier molecular flexibility index (Phi) is 7.63. The van der Waals surface area contributed by atoms with E-state index in [0.717, 1.165) is 36.6 Å². The topological polar surface area (TPSA) is 144 Å². The van der Waals surface area contributed by atoms with Crippen molar-refractivity contribution in [3.8, 4) is 22.9 Å². The van der Waals surface area contributed by atoms with Crippen LogP contribution in [0.25, 0.3) is 33.3 Å². The number of aryl methyl sites for hydroxylation is 1. The van der Waals surface area contributed by atoms with E-state index in [4.69, 9.17) is 14.5 Å². The third-order valence-electron chi connectivity index (χ3n) is 9.09. The Balaban J connectivity index is 1.00. The molecule has 4 heterocycles. The zero-order chi connectivity index (χ0) is 31.9. The van der Waals surface area contributed by atoms with Crippen molar-refractivity contribution in [2.24, 2.45) is 5.92 Å². The van der Waals surface area contributed by atoms with Crippen LogP contribution >= 0.6 is 0 Å². The summed E-state index contributed by atoms with van der Waals surface area (Å²) in [4.78, 5) is 57.5. The molecule has 0 atom stereocenters. The fourth-order valence-corrected chi connectivity index (χ4v) is 6.55. The van der Waals surface area contributed by atoms with Crippen LogP contribution in [0.3, 0.4) is 0 Å². The lowest BCUT2D eigenvalue weighted by Crippen LogP contribution is -2.52. The van der Waals surface area contributed by atoms with Crippen LogP contribution in [-0.4, -0.2) is 69.2 Å². The number of carbonyl (C=O) groups excluding carboxylic acids is 1. The molecule has 46 heavy (non-hydrogen) atoms. The molecular weight excluding hydrogens is 586 g/mol. The standard InChI is InChI=1S/C34H35N7O5/c1-19-12-28(42)41(23-6-4-5-7-23)31-25(19)16-36-34(39-31)35-15-20-17-40(18-20)33(44)22-10-8-21(9-11-22)30-37-26-13-24(45-2)14-27(46-3)29(26)32(43)38-30/h8-14,16,20,23H,4-7,15,17-18H2,1-3H3,(H,35,36,39)(H,37,38,43). The summed E-state index contributed by atoms with van der Waals surface area (Å²) in [7, 11) is 3.03. The Morgan fingerprint density at radius 2 is 1.78 bits per heavy atom. The summed E-state index contributed by atoms with van der Waals surface area (Å²) in [5, 5.41) is 4.56. The van der Waals surface area contributed by atoms with E-state index in [-0.39, 0.29) is 29.0 Å². The maximum Gasteiger partial charge on any atom is 0.262 e. The van der Waals surface area contributed by atoms with Gasteiger partial charge in [0.1, 0.15) is 28.4 Å². The zero-order valence-corrected chi connectivity index (χ0v) is 26.0. The predicted octanol–water partition coefficient (Wildman–Crippen LogP) is 4.32. The predicted molar refractivity (Wildman–Crippen MR) is 175 cm³/mol. The van der Waals surface area contributed by atoms with Gasteiger partial charge >= 0.3 is 0 Å². The molecule has 0 spiro atoms. The van der Waals surface area contributed by atoms with E-state index in [1.165, 1.54) is 14.2 Å². The van der Waals surface area contributed by atoms with Gasteiger partial charge in [-0.25, -0.2) is 9.97 Å². The van der Waals surface area contributed by atoms with Crippen molar-refractivity contribution in [1.29, 1.82) is 0 Å². The molecule has 12 nitrogen and oxygen atoms in total. The molecule has 0 unspecified atom stereocenters.